The monoisotopic (exact) mass is 471 g/mol. The van der Waals surface area contributed by atoms with E-state index in [1.807, 2.05) is 59.5 Å². The lowest BCUT2D eigenvalue weighted by molar-refractivity contribution is -0.126. The second-order valence-corrected chi connectivity index (χ2v) is 8.11. The van der Waals surface area contributed by atoms with Crippen molar-refractivity contribution in [2.45, 2.75) is 6.92 Å². The summed E-state index contributed by atoms with van der Waals surface area (Å²) in [7, 11) is 0. The van der Waals surface area contributed by atoms with Crippen LogP contribution in [0.2, 0.25) is 0 Å². The van der Waals surface area contributed by atoms with E-state index in [9.17, 15) is 9.59 Å². The van der Waals surface area contributed by atoms with E-state index >= 15 is 0 Å². The second kappa shape index (κ2) is 11.7. The van der Waals surface area contributed by atoms with Crippen LogP contribution in [0.25, 0.3) is 17.5 Å². The van der Waals surface area contributed by atoms with E-state index in [-0.39, 0.29) is 11.8 Å². The van der Waals surface area contributed by atoms with Crippen LogP contribution >= 0.6 is 0 Å². The molecule has 3 aromatic rings. The summed E-state index contributed by atoms with van der Waals surface area (Å²) >= 11 is 0. The number of piperazine rings is 1. The first kappa shape index (κ1) is 23.9. The molecule has 9 heteroatoms. The van der Waals surface area contributed by atoms with Crippen LogP contribution in [0.3, 0.4) is 0 Å². The number of benzene rings is 1. The van der Waals surface area contributed by atoms with E-state index < -0.39 is 0 Å². The van der Waals surface area contributed by atoms with Crippen molar-refractivity contribution in [1.29, 1.82) is 0 Å². The molecule has 1 aromatic carbocycles. The lowest BCUT2D eigenvalue weighted by Gasteiger charge is -2.35. The van der Waals surface area contributed by atoms with Gasteiger partial charge >= 0.3 is 0 Å². The van der Waals surface area contributed by atoms with Crippen molar-refractivity contribution < 1.29 is 9.59 Å². The van der Waals surface area contributed by atoms with Crippen LogP contribution in [0.1, 0.15) is 12.6 Å². The SMILES string of the molecule is CC(=O)NCCNc1cc(N2CCN(C(=O)/C=C/c3ccccn3)CC2)nc(-c2ccccc2)n1. The summed E-state index contributed by atoms with van der Waals surface area (Å²) in [5.74, 6) is 2.03. The summed E-state index contributed by atoms with van der Waals surface area (Å²) in [5, 5.41) is 6.05. The van der Waals surface area contributed by atoms with Gasteiger partial charge in [0.05, 0.1) is 5.69 Å². The second-order valence-electron chi connectivity index (χ2n) is 8.11. The fraction of sp³-hybridized carbons (Fsp3) is 0.269. The molecule has 0 bridgehead atoms. The number of hydrogen-bond acceptors (Lipinski definition) is 7. The number of amides is 2. The lowest BCUT2D eigenvalue weighted by atomic mass is 10.2. The minimum Gasteiger partial charge on any atom is -0.368 e. The summed E-state index contributed by atoms with van der Waals surface area (Å²) in [6.45, 7) is 5.08. The molecule has 0 atom stereocenters. The lowest BCUT2D eigenvalue weighted by Crippen LogP contribution is -2.48. The van der Waals surface area contributed by atoms with Gasteiger partial charge in [-0.1, -0.05) is 36.4 Å². The number of carbonyl (C=O) groups excluding carboxylic acids is 2. The van der Waals surface area contributed by atoms with Crippen LogP contribution in [-0.4, -0.2) is 70.9 Å². The van der Waals surface area contributed by atoms with E-state index in [1.165, 1.54) is 6.92 Å². The molecule has 4 rings (SSSR count). The highest BCUT2D eigenvalue weighted by Gasteiger charge is 2.22. The molecule has 0 spiro atoms. The fourth-order valence-corrected chi connectivity index (χ4v) is 3.72. The number of carbonyl (C=O) groups is 2. The molecule has 180 valence electrons. The summed E-state index contributed by atoms with van der Waals surface area (Å²) in [5.41, 5.74) is 1.68. The van der Waals surface area contributed by atoms with Crippen LogP contribution in [0.5, 0.6) is 0 Å². The maximum absolute atomic E-state index is 12.6. The average molecular weight is 472 g/mol. The molecule has 0 aliphatic carbocycles. The third kappa shape index (κ3) is 6.86. The van der Waals surface area contributed by atoms with Crippen molar-refractivity contribution in [3.05, 3.63) is 72.6 Å². The first-order valence-electron chi connectivity index (χ1n) is 11.6. The summed E-state index contributed by atoms with van der Waals surface area (Å²) in [6.07, 6.45) is 5.02. The number of rotatable bonds is 8. The zero-order valence-corrected chi connectivity index (χ0v) is 19.7. The molecule has 1 saturated heterocycles. The van der Waals surface area contributed by atoms with Gasteiger partial charge in [0, 0.05) is 70.1 Å². The smallest absolute Gasteiger partial charge is 0.246 e. The Morgan fingerprint density at radius 2 is 1.74 bits per heavy atom. The molecule has 0 radical (unpaired) electrons. The molecule has 9 nitrogen and oxygen atoms in total. The van der Waals surface area contributed by atoms with Gasteiger partial charge in [0.1, 0.15) is 11.6 Å². The molecule has 1 aliphatic rings. The quantitative estimate of drug-likeness (QED) is 0.384. The third-order valence-electron chi connectivity index (χ3n) is 5.55. The third-order valence-corrected chi connectivity index (χ3v) is 5.55. The zero-order chi connectivity index (χ0) is 24.5. The molecule has 2 amide bonds. The van der Waals surface area contributed by atoms with E-state index in [2.05, 4.69) is 25.5 Å². The molecule has 3 heterocycles. The molecular weight excluding hydrogens is 442 g/mol. The number of anilines is 2. The molecule has 35 heavy (non-hydrogen) atoms. The Labute approximate surface area is 204 Å². The predicted molar refractivity (Wildman–Crippen MR) is 137 cm³/mol. The predicted octanol–water partition coefficient (Wildman–Crippen LogP) is 2.45. The van der Waals surface area contributed by atoms with Crippen LogP contribution in [0.15, 0.2) is 66.9 Å². The minimum absolute atomic E-state index is 0.0247. The maximum atomic E-state index is 12.6. The van der Waals surface area contributed by atoms with Gasteiger partial charge in [0.15, 0.2) is 5.82 Å². The van der Waals surface area contributed by atoms with Gasteiger partial charge in [0.2, 0.25) is 11.8 Å². The van der Waals surface area contributed by atoms with Crippen molar-refractivity contribution in [3.63, 3.8) is 0 Å². The van der Waals surface area contributed by atoms with Crippen molar-refractivity contribution in [2.75, 3.05) is 49.5 Å². The van der Waals surface area contributed by atoms with Gasteiger partial charge in [0.25, 0.3) is 0 Å². The molecule has 0 saturated carbocycles. The number of hydrogen-bond donors (Lipinski definition) is 2. The van der Waals surface area contributed by atoms with E-state index in [1.54, 1.807) is 18.3 Å². The summed E-state index contributed by atoms with van der Waals surface area (Å²) < 4.78 is 0. The van der Waals surface area contributed by atoms with Gasteiger partial charge in [-0.05, 0) is 18.2 Å². The Kier molecular flexibility index (Phi) is 8.00. The van der Waals surface area contributed by atoms with Crippen LogP contribution in [0.4, 0.5) is 11.6 Å². The molecule has 1 aliphatic heterocycles. The highest BCUT2D eigenvalue weighted by atomic mass is 16.2. The number of aromatic nitrogens is 3. The Balaban J connectivity index is 1.43. The van der Waals surface area contributed by atoms with Crippen molar-refractivity contribution in [1.82, 2.24) is 25.2 Å². The van der Waals surface area contributed by atoms with E-state index in [0.29, 0.717) is 50.9 Å². The first-order valence-corrected chi connectivity index (χ1v) is 11.6. The normalized spacial score (nSPS) is 13.6. The molecule has 2 aromatic heterocycles. The van der Waals surface area contributed by atoms with Crippen LogP contribution < -0.4 is 15.5 Å². The number of pyridine rings is 1. The standard InChI is InChI=1S/C26H29N7O2/c1-20(34)27-13-14-29-23-19-24(31-26(30-23)21-7-3-2-4-8-21)32-15-17-33(18-16-32)25(35)11-10-22-9-5-6-12-28-22/h2-12,19H,13-18H2,1H3,(H,27,34)(H,29,30,31)/b11-10+. The average Bonchev–Trinajstić information content (AvgIpc) is 2.90. The number of nitrogens with zero attached hydrogens (tertiary/aromatic N) is 5. The number of nitrogens with one attached hydrogen (secondary N) is 2. The highest BCUT2D eigenvalue weighted by Crippen LogP contribution is 2.23. The van der Waals surface area contributed by atoms with Crippen LogP contribution in [-0.2, 0) is 9.59 Å². The fourth-order valence-electron chi connectivity index (χ4n) is 3.72. The van der Waals surface area contributed by atoms with Gasteiger partial charge in [-0.3, -0.25) is 14.6 Å². The molecule has 0 unspecified atom stereocenters. The Morgan fingerprint density at radius 3 is 2.46 bits per heavy atom. The van der Waals surface area contributed by atoms with Crippen molar-refractivity contribution in [2.24, 2.45) is 0 Å². The van der Waals surface area contributed by atoms with Crippen molar-refractivity contribution >= 4 is 29.5 Å². The largest absolute Gasteiger partial charge is 0.368 e. The zero-order valence-electron chi connectivity index (χ0n) is 19.7. The van der Waals surface area contributed by atoms with Gasteiger partial charge in [-0.25, -0.2) is 9.97 Å². The topological polar surface area (TPSA) is 103 Å². The van der Waals surface area contributed by atoms with Crippen molar-refractivity contribution in [3.8, 4) is 11.4 Å². The Bertz CT molecular complexity index is 1160. The maximum Gasteiger partial charge on any atom is 0.246 e. The Hall–Kier alpha value is -4.27. The van der Waals surface area contributed by atoms with E-state index in [0.717, 1.165) is 17.1 Å². The summed E-state index contributed by atoms with van der Waals surface area (Å²) in [4.78, 5) is 41.5. The molecule has 1 fully saturated rings. The highest BCUT2D eigenvalue weighted by molar-refractivity contribution is 5.91. The van der Waals surface area contributed by atoms with Gasteiger partial charge < -0.3 is 20.4 Å². The van der Waals surface area contributed by atoms with Gasteiger partial charge in [-0.15, -0.1) is 0 Å². The minimum atomic E-state index is -0.0672. The van der Waals surface area contributed by atoms with Gasteiger partial charge in [-0.2, -0.15) is 0 Å². The molecule has 2 N–H and O–H groups in total. The first-order chi connectivity index (χ1) is 17.1. The van der Waals surface area contributed by atoms with E-state index in [4.69, 9.17) is 4.98 Å². The summed E-state index contributed by atoms with van der Waals surface area (Å²) in [6, 6.07) is 17.3. The molecular formula is C26H29N7O2. The van der Waals surface area contributed by atoms with Crippen LogP contribution in [0, 0.1) is 0 Å². The Morgan fingerprint density at radius 1 is 0.971 bits per heavy atom.